The Kier molecular flexibility index (Phi) is 63.7. The second-order valence-electron chi connectivity index (χ2n) is 3.43. The Morgan fingerprint density at radius 1 is 0.722 bits per heavy atom. The summed E-state index contributed by atoms with van der Waals surface area (Å²) in [6, 6.07) is 0. The molecule has 0 aliphatic heterocycles. The van der Waals surface area contributed by atoms with Crippen molar-refractivity contribution in [3.05, 3.63) is 24.8 Å². The summed E-state index contributed by atoms with van der Waals surface area (Å²) in [7, 11) is 0. The molecule has 0 radical (unpaired) electrons. The molecule has 0 bridgehead atoms. The van der Waals surface area contributed by atoms with E-state index >= 15 is 0 Å². The molecule has 0 aromatic rings. The first-order chi connectivity index (χ1) is 8.66. The fraction of sp³-hybridized carbons (Fsp3) is 0.750. The fourth-order valence-corrected chi connectivity index (χ4v) is 0.333. The first-order valence-corrected chi connectivity index (χ1v) is 7.13. The molecule has 0 aromatic carbocycles. The maximum absolute atomic E-state index is 7.88. The van der Waals surface area contributed by atoms with Gasteiger partial charge >= 0.3 is 0 Å². The van der Waals surface area contributed by atoms with Gasteiger partial charge in [0.25, 0.3) is 0 Å². The van der Waals surface area contributed by atoms with Gasteiger partial charge < -0.3 is 10.2 Å². The molecule has 0 aliphatic carbocycles. The van der Waals surface area contributed by atoms with Crippen LogP contribution in [0.5, 0.6) is 0 Å². The van der Waals surface area contributed by atoms with Crippen molar-refractivity contribution in [1.29, 1.82) is 0 Å². The Labute approximate surface area is 115 Å². The van der Waals surface area contributed by atoms with Crippen molar-refractivity contribution in [1.82, 2.24) is 0 Å². The highest BCUT2D eigenvalue weighted by Gasteiger charge is 1.60. The van der Waals surface area contributed by atoms with Crippen molar-refractivity contribution >= 4 is 0 Å². The lowest BCUT2D eigenvalue weighted by Gasteiger charge is -1.72. The molecule has 0 heterocycles. The smallest absolute Gasteiger partial charge is 0.0428 e. The lowest BCUT2D eigenvalue weighted by molar-refractivity contribution is 0.294. The number of aliphatic hydroxyl groups is 2. The second-order valence-corrected chi connectivity index (χ2v) is 3.43. The number of allylic oxidation sites excluding steroid dienone is 3. The molecule has 2 heteroatoms. The van der Waals surface area contributed by atoms with Crippen LogP contribution in [0.4, 0.5) is 0 Å². The van der Waals surface area contributed by atoms with Gasteiger partial charge in [0.2, 0.25) is 0 Å². The predicted molar refractivity (Wildman–Crippen MR) is 85.0 cm³/mol. The van der Waals surface area contributed by atoms with Crippen LogP contribution in [0.25, 0.3) is 0 Å². The summed E-state index contributed by atoms with van der Waals surface area (Å²) in [4.78, 5) is 0. The molecule has 18 heavy (non-hydrogen) atoms. The Bertz CT molecular complexity index is 106. The van der Waals surface area contributed by atoms with Gasteiger partial charge in [-0.15, -0.1) is 6.58 Å². The molecule has 2 nitrogen and oxygen atoms in total. The highest BCUT2D eigenvalue weighted by Crippen LogP contribution is 1.81. The largest absolute Gasteiger partial charge is 0.396 e. The van der Waals surface area contributed by atoms with Crippen molar-refractivity contribution in [3.8, 4) is 0 Å². The van der Waals surface area contributed by atoms with E-state index in [1.165, 1.54) is 12.8 Å². The van der Waals surface area contributed by atoms with E-state index in [-0.39, 0.29) is 0 Å². The SMILES string of the molecule is C=CCC.CCC=CCC.CCCO.CCCO. The van der Waals surface area contributed by atoms with E-state index < -0.39 is 0 Å². The highest BCUT2D eigenvalue weighted by atomic mass is 16.3. The molecule has 0 aliphatic rings. The first kappa shape index (κ1) is 26.1. The molecular weight excluding hydrogens is 224 g/mol. The molecule has 0 fully saturated rings. The molecule has 0 amide bonds. The zero-order valence-corrected chi connectivity index (χ0v) is 13.3. The number of hydrogen-bond acceptors (Lipinski definition) is 2. The lowest BCUT2D eigenvalue weighted by atomic mass is 10.4. The van der Waals surface area contributed by atoms with Gasteiger partial charge in [-0.3, -0.25) is 0 Å². The maximum Gasteiger partial charge on any atom is 0.0428 e. The standard InChI is InChI=1S/C6H12.C4H8.2C3H8O/c1-3-5-6-4-2;1-3-4-2;2*1-2-3-4/h5-6H,3-4H2,1-2H3;3H,1,4H2,2H3;2*4H,2-3H2,1H3. The minimum Gasteiger partial charge on any atom is -0.396 e. The Morgan fingerprint density at radius 3 is 1.00 bits per heavy atom. The van der Waals surface area contributed by atoms with Gasteiger partial charge in [-0.25, -0.2) is 0 Å². The summed E-state index contributed by atoms with van der Waals surface area (Å²) in [6.45, 7) is 14.3. The predicted octanol–water partition coefficient (Wildman–Crippen LogP) is 4.72. The highest BCUT2D eigenvalue weighted by molar-refractivity contribution is 4.77. The van der Waals surface area contributed by atoms with E-state index in [1.54, 1.807) is 0 Å². The molecule has 0 unspecified atom stereocenters. The van der Waals surface area contributed by atoms with Gasteiger partial charge in [0.1, 0.15) is 0 Å². The quantitative estimate of drug-likeness (QED) is 0.702. The summed E-state index contributed by atoms with van der Waals surface area (Å²) in [6.07, 6.45) is 11.4. The van der Waals surface area contributed by atoms with E-state index in [0.29, 0.717) is 13.2 Å². The number of hydrogen-bond donors (Lipinski definition) is 2. The summed E-state index contributed by atoms with van der Waals surface area (Å²) < 4.78 is 0. The Morgan fingerprint density at radius 2 is 0.944 bits per heavy atom. The number of aliphatic hydroxyl groups excluding tert-OH is 2. The van der Waals surface area contributed by atoms with E-state index in [4.69, 9.17) is 10.2 Å². The molecule has 2 N–H and O–H groups in total. The van der Waals surface area contributed by atoms with Crippen LogP contribution >= 0.6 is 0 Å². The van der Waals surface area contributed by atoms with Crippen LogP contribution in [-0.4, -0.2) is 23.4 Å². The minimum atomic E-state index is 0.319. The Balaban J connectivity index is -0.0000000742. The summed E-state index contributed by atoms with van der Waals surface area (Å²) in [5, 5.41) is 15.8. The molecule has 112 valence electrons. The average Bonchev–Trinajstić information content (AvgIpc) is 2.45. The first-order valence-electron chi connectivity index (χ1n) is 7.13. The zero-order valence-electron chi connectivity index (χ0n) is 13.3. The van der Waals surface area contributed by atoms with Crippen LogP contribution in [0.15, 0.2) is 24.8 Å². The zero-order chi connectivity index (χ0) is 15.1. The molecule has 0 atom stereocenters. The third-order valence-corrected chi connectivity index (χ3v) is 1.37. The van der Waals surface area contributed by atoms with Crippen LogP contribution < -0.4 is 0 Å². The molecule has 0 aromatic heterocycles. The topological polar surface area (TPSA) is 40.5 Å². The minimum absolute atomic E-state index is 0.319. The van der Waals surface area contributed by atoms with Gasteiger partial charge in [0.15, 0.2) is 0 Å². The van der Waals surface area contributed by atoms with Crippen LogP contribution in [0.1, 0.15) is 66.7 Å². The van der Waals surface area contributed by atoms with E-state index in [1.807, 2.05) is 19.9 Å². The summed E-state index contributed by atoms with van der Waals surface area (Å²) in [5.41, 5.74) is 0. The summed E-state index contributed by atoms with van der Waals surface area (Å²) in [5.74, 6) is 0. The normalized spacial score (nSPS) is 8.17. The van der Waals surface area contributed by atoms with Crippen molar-refractivity contribution in [2.75, 3.05) is 13.2 Å². The van der Waals surface area contributed by atoms with Crippen LogP contribution in [-0.2, 0) is 0 Å². The molecule has 0 saturated carbocycles. The van der Waals surface area contributed by atoms with Crippen molar-refractivity contribution in [2.24, 2.45) is 0 Å². The van der Waals surface area contributed by atoms with Crippen LogP contribution in [0.2, 0.25) is 0 Å². The van der Waals surface area contributed by atoms with Crippen LogP contribution in [0, 0.1) is 0 Å². The van der Waals surface area contributed by atoms with Gasteiger partial charge in [-0.1, -0.05) is 52.8 Å². The van der Waals surface area contributed by atoms with Crippen molar-refractivity contribution in [3.63, 3.8) is 0 Å². The van der Waals surface area contributed by atoms with E-state index in [0.717, 1.165) is 19.3 Å². The third-order valence-electron chi connectivity index (χ3n) is 1.37. The monoisotopic (exact) mass is 260 g/mol. The van der Waals surface area contributed by atoms with Crippen LogP contribution in [0.3, 0.4) is 0 Å². The van der Waals surface area contributed by atoms with Gasteiger partial charge in [0.05, 0.1) is 0 Å². The van der Waals surface area contributed by atoms with Crippen molar-refractivity contribution < 1.29 is 10.2 Å². The lowest BCUT2D eigenvalue weighted by Crippen LogP contribution is -1.69. The van der Waals surface area contributed by atoms with Gasteiger partial charge in [-0.05, 0) is 32.1 Å². The molecular formula is C16H36O2. The third kappa shape index (κ3) is 110. The Hall–Kier alpha value is -0.600. The average molecular weight is 260 g/mol. The van der Waals surface area contributed by atoms with Gasteiger partial charge in [-0.2, -0.15) is 0 Å². The van der Waals surface area contributed by atoms with E-state index in [9.17, 15) is 0 Å². The molecule has 0 spiro atoms. The molecule has 0 saturated heterocycles. The van der Waals surface area contributed by atoms with Crippen molar-refractivity contribution in [2.45, 2.75) is 66.7 Å². The molecule has 0 rings (SSSR count). The van der Waals surface area contributed by atoms with Gasteiger partial charge in [0, 0.05) is 13.2 Å². The number of rotatable bonds is 5. The maximum atomic E-state index is 7.88. The fourth-order valence-electron chi connectivity index (χ4n) is 0.333. The second kappa shape index (κ2) is 44.0. The summed E-state index contributed by atoms with van der Waals surface area (Å²) >= 11 is 0. The van der Waals surface area contributed by atoms with E-state index in [2.05, 4.69) is 39.5 Å².